The van der Waals surface area contributed by atoms with Crippen LogP contribution in [0.1, 0.15) is 162 Å². The summed E-state index contributed by atoms with van der Waals surface area (Å²) in [6.45, 7) is 3.38. The van der Waals surface area contributed by atoms with Crippen LogP contribution in [0.3, 0.4) is 0 Å². The van der Waals surface area contributed by atoms with Crippen molar-refractivity contribution in [1.82, 2.24) is 0 Å². The molecule has 0 spiro atoms. The molecule has 0 amide bonds. The van der Waals surface area contributed by atoms with Crippen LogP contribution in [-0.2, 0) is 28.5 Å². The zero-order valence-corrected chi connectivity index (χ0v) is 29.1. The quantitative estimate of drug-likeness (QED) is 0.0512. The maximum Gasteiger partial charge on any atom is 0.306 e. The van der Waals surface area contributed by atoms with Crippen molar-refractivity contribution in [3.63, 3.8) is 0 Å². The van der Waals surface area contributed by atoms with Crippen molar-refractivity contribution in [3.8, 4) is 0 Å². The van der Waals surface area contributed by atoms with Crippen LogP contribution in [0.5, 0.6) is 0 Å². The molecule has 1 saturated heterocycles. The van der Waals surface area contributed by atoms with E-state index in [2.05, 4.69) is 13.8 Å². The van der Waals surface area contributed by atoms with Gasteiger partial charge < -0.3 is 39.4 Å². The standard InChI is InChI=1S/C36H68O10/c1-3-5-7-9-11-13-14-15-17-19-21-23-25-32(39)45-29(28-44-36-35(42)34(41)33(40)30(26-37)46-36)27-43-31(38)24-22-20-18-16-12-10-8-6-4-2/h29-30,33-37,40-42H,3-28H2,1-2H3/t29-,30-,33+,34?,35?,36-/m1/s1. The molecule has 1 heterocycles. The number of esters is 2. The van der Waals surface area contributed by atoms with Crippen LogP contribution in [0.15, 0.2) is 0 Å². The molecule has 4 N–H and O–H groups in total. The molecule has 10 heteroatoms. The Kier molecular flexibility index (Phi) is 26.6. The van der Waals surface area contributed by atoms with Gasteiger partial charge in [0.2, 0.25) is 0 Å². The molecule has 2 unspecified atom stereocenters. The number of ether oxygens (including phenoxy) is 4. The highest BCUT2D eigenvalue weighted by Gasteiger charge is 2.44. The Labute approximate surface area is 278 Å². The van der Waals surface area contributed by atoms with Crippen LogP contribution in [0.25, 0.3) is 0 Å². The molecule has 1 fully saturated rings. The number of hydrogen-bond donors (Lipinski definition) is 4. The van der Waals surface area contributed by atoms with Crippen molar-refractivity contribution in [2.75, 3.05) is 19.8 Å². The van der Waals surface area contributed by atoms with Crippen molar-refractivity contribution in [1.29, 1.82) is 0 Å². The number of carbonyl (C=O) groups is 2. The predicted molar refractivity (Wildman–Crippen MR) is 178 cm³/mol. The van der Waals surface area contributed by atoms with E-state index in [-0.39, 0.29) is 32.0 Å². The summed E-state index contributed by atoms with van der Waals surface area (Å²) in [6, 6.07) is 0. The third-order valence-electron chi connectivity index (χ3n) is 8.74. The van der Waals surface area contributed by atoms with Gasteiger partial charge in [-0.15, -0.1) is 0 Å². The largest absolute Gasteiger partial charge is 0.462 e. The monoisotopic (exact) mass is 660 g/mol. The van der Waals surface area contributed by atoms with Crippen LogP contribution < -0.4 is 0 Å². The van der Waals surface area contributed by atoms with E-state index < -0.39 is 49.4 Å². The molecule has 1 aliphatic heterocycles. The van der Waals surface area contributed by atoms with Gasteiger partial charge in [0, 0.05) is 12.8 Å². The number of hydrogen-bond acceptors (Lipinski definition) is 10. The summed E-state index contributed by atoms with van der Waals surface area (Å²) >= 11 is 0. The summed E-state index contributed by atoms with van der Waals surface area (Å²) in [7, 11) is 0. The van der Waals surface area contributed by atoms with Gasteiger partial charge in [0.15, 0.2) is 12.4 Å². The van der Waals surface area contributed by atoms with Crippen molar-refractivity contribution in [2.45, 2.75) is 198 Å². The Bertz CT molecular complexity index is 734. The Morgan fingerprint density at radius 2 is 1.02 bits per heavy atom. The fraction of sp³-hybridized carbons (Fsp3) is 0.944. The predicted octanol–water partition coefficient (Wildman–Crippen LogP) is 6.27. The fourth-order valence-corrected chi connectivity index (χ4v) is 5.72. The van der Waals surface area contributed by atoms with E-state index in [0.717, 1.165) is 38.5 Å². The number of aliphatic hydroxyl groups is 4. The van der Waals surface area contributed by atoms with Crippen LogP contribution in [0.2, 0.25) is 0 Å². The summed E-state index contributed by atoms with van der Waals surface area (Å²) in [5, 5.41) is 39.8. The van der Waals surface area contributed by atoms with Gasteiger partial charge in [-0.3, -0.25) is 9.59 Å². The van der Waals surface area contributed by atoms with Crippen LogP contribution in [0.4, 0.5) is 0 Å². The molecule has 0 aliphatic carbocycles. The van der Waals surface area contributed by atoms with Gasteiger partial charge in [-0.05, 0) is 12.8 Å². The molecule has 0 saturated carbocycles. The summed E-state index contributed by atoms with van der Waals surface area (Å²) in [5.74, 6) is -0.803. The zero-order valence-electron chi connectivity index (χ0n) is 29.1. The van der Waals surface area contributed by atoms with Crippen molar-refractivity contribution >= 4 is 11.9 Å². The molecule has 1 aliphatic rings. The first-order valence-corrected chi connectivity index (χ1v) is 18.6. The van der Waals surface area contributed by atoms with Crippen LogP contribution >= 0.6 is 0 Å². The van der Waals surface area contributed by atoms with Crippen LogP contribution in [-0.4, -0.2) is 89.0 Å². The average molecular weight is 661 g/mol. The second-order valence-electron chi connectivity index (χ2n) is 13.0. The Balaban J connectivity index is 2.41. The Hall–Kier alpha value is -1.30. The maximum absolute atomic E-state index is 12.6. The highest BCUT2D eigenvalue weighted by molar-refractivity contribution is 5.70. The van der Waals surface area contributed by atoms with Gasteiger partial charge in [-0.25, -0.2) is 0 Å². The minimum Gasteiger partial charge on any atom is -0.462 e. The van der Waals surface area contributed by atoms with Gasteiger partial charge in [-0.2, -0.15) is 0 Å². The van der Waals surface area contributed by atoms with Gasteiger partial charge >= 0.3 is 11.9 Å². The first-order chi connectivity index (χ1) is 22.3. The lowest BCUT2D eigenvalue weighted by atomic mass is 9.99. The molecule has 10 nitrogen and oxygen atoms in total. The van der Waals surface area contributed by atoms with Crippen molar-refractivity contribution in [3.05, 3.63) is 0 Å². The van der Waals surface area contributed by atoms with Gasteiger partial charge in [0.1, 0.15) is 31.0 Å². The highest BCUT2D eigenvalue weighted by Crippen LogP contribution is 2.22. The maximum atomic E-state index is 12.6. The lowest BCUT2D eigenvalue weighted by Gasteiger charge is -2.39. The third-order valence-corrected chi connectivity index (χ3v) is 8.74. The number of carbonyl (C=O) groups excluding carboxylic acids is 2. The molecule has 0 aromatic rings. The van der Waals surface area contributed by atoms with E-state index in [4.69, 9.17) is 18.9 Å². The molecular weight excluding hydrogens is 592 g/mol. The van der Waals surface area contributed by atoms with Gasteiger partial charge in [0.25, 0.3) is 0 Å². The zero-order chi connectivity index (χ0) is 33.8. The molecule has 272 valence electrons. The van der Waals surface area contributed by atoms with E-state index in [1.165, 1.54) is 89.9 Å². The summed E-state index contributed by atoms with van der Waals surface area (Å²) in [6.07, 6.45) is 16.9. The lowest BCUT2D eigenvalue weighted by molar-refractivity contribution is -0.305. The third kappa shape index (κ3) is 20.8. The molecule has 0 radical (unpaired) electrons. The molecule has 1 rings (SSSR count). The molecular formula is C36H68O10. The summed E-state index contributed by atoms with van der Waals surface area (Å²) in [4.78, 5) is 25.0. The first kappa shape index (κ1) is 42.7. The normalized spacial score (nSPS) is 22.1. The molecule has 6 atom stereocenters. The number of rotatable bonds is 30. The fourth-order valence-electron chi connectivity index (χ4n) is 5.72. The minimum absolute atomic E-state index is 0.210. The molecule has 0 bridgehead atoms. The average Bonchev–Trinajstić information content (AvgIpc) is 3.05. The molecule has 0 aromatic carbocycles. The summed E-state index contributed by atoms with van der Waals surface area (Å²) < 4.78 is 22.0. The van der Waals surface area contributed by atoms with E-state index in [1.807, 2.05) is 0 Å². The minimum atomic E-state index is -1.59. The van der Waals surface area contributed by atoms with E-state index in [0.29, 0.717) is 6.42 Å². The van der Waals surface area contributed by atoms with Gasteiger partial charge in [-0.1, -0.05) is 136 Å². The van der Waals surface area contributed by atoms with E-state index in [9.17, 15) is 30.0 Å². The Morgan fingerprint density at radius 1 is 0.587 bits per heavy atom. The Morgan fingerprint density at radius 3 is 1.48 bits per heavy atom. The van der Waals surface area contributed by atoms with Crippen LogP contribution in [0, 0.1) is 0 Å². The molecule has 0 aromatic heterocycles. The van der Waals surface area contributed by atoms with E-state index >= 15 is 0 Å². The second-order valence-corrected chi connectivity index (χ2v) is 13.0. The highest BCUT2D eigenvalue weighted by atomic mass is 16.7. The lowest BCUT2D eigenvalue weighted by Crippen LogP contribution is -2.59. The first-order valence-electron chi connectivity index (χ1n) is 18.6. The topological polar surface area (TPSA) is 152 Å². The van der Waals surface area contributed by atoms with Gasteiger partial charge in [0.05, 0.1) is 13.2 Å². The van der Waals surface area contributed by atoms with Crippen molar-refractivity contribution < 1.29 is 49.0 Å². The number of aliphatic hydroxyl groups excluding tert-OH is 4. The number of unbranched alkanes of at least 4 members (excludes halogenated alkanes) is 19. The smallest absolute Gasteiger partial charge is 0.306 e. The SMILES string of the molecule is CCCCCCCCCCCCCCC(=O)O[C@H](COC(=O)CCCCCCCCCCC)CO[C@@H]1O[C@H](CO)[C@H](O)C(O)C1O. The second kappa shape index (κ2) is 28.7. The summed E-state index contributed by atoms with van der Waals surface area (Å²) in [5.41, 5.74) is 0. The molecule has 46 heavy (non-hydrogen) atoms. The van der Waals surface area contributed by atoms with Crippen molar-refractivity contribution in [2.24, 2.45) is 0 Å². The van der Waals surface area contributed by atoms with E-state index in [1.54, 1.807) is 0 Å².